The summed E-state index contributed by atoms with van der Waals surface area (Å²) in [7, 11) is -1.66. The van der Waals surface area contributed by atoms with Crippen LogP contribution in [0.5, 0.6) is 0 Å². The lowest BCUT2D eigenvalue weighted by atomic mass is 10.1. The Morgan fingerprint density at radius 3 is 2.63 bits per heavy atom. The lowest BCUT2D eigenvalue weighted by Gasteiger charge is -2.22. The van der Waals surface area contributed by atoms with E-state index in [9.17, 15) is 8.42 Å². The third kappa shape index (κ3) is 14.5. The normalized spacial score (nSPS) is 18.2. The fourth-order valence-electron chi connectivity index (χ4n) is 2.48. The number of guanidine groups is 1. The van der Waals surface area contributed by atoms with Gasteiger partial charge in [0.05, 0.1) is 11.9 Å². The first kappa shape index (κ1) is 26.8. The fraction of sp³-hybridized carbons (Fsp3) is 0.941. The summed E-state index contributed by atoms with van der Waals surface area (Å²) in [5, 5.41) is 6.17. The summed E-state index contributed by atoms with van der Waals surface area (Å²) in [4.78, 5) is 4.09. The molecule has 0 saturated carbocycles. The molecule has 1 saturated heterocycles. The Morgan fingerprint density at radius 1 is 1.26 bits per heavy atom. The van der Waals surface area contributed by atoms with Crippen molar-refractivity contribution < 1.29 is 17.9 Å². The van der Waals surface area contributed by atoms with Crippen molar-refractivity contribution in [2.75, 3.05) is 52.3 Å². The first-order valence-corrected chi connectivity index (χ1v) is 11.2. The Labute approximate surface area is 181 Å². The lowest BCUT2D eigenvalue weighted by Crippen LogP contribution is -2.42. The van der Waals surface area contributed by atoms with Crippen LogP contribution in [-0.2, 0) is 19.5 Å². The van der Waals surface area contributed by atoms with Gasteiger partial charge in [0, 0.05) is 46.5 Å². The molecule has 1 aliphatic heterocycles. The highest BCUT2D eigenvalue weighted by Gasteiger charge is 2.17. The minimum absolute atomic E-state index is 0. The van der Waals surface area contributed by atoms with Crippen LogP contribution in [0.1, 0.15) is 39.5 Å². The molecule has 1 fully saturated rings. The Balaban J connectivity index is 0.00000676. The van der Waals surface area contributed by atoms with Gasteiger partial charge in [0.2, 0.25) is 10.0 Å². The molecule has 162 valence electrons. The molecule has 1 rings (SSSR count). The van der Waals surface area contributed by atoms with Crippen LogP contribution in [0.3, 0.4) is 0 Å². The second-order valence-corrected chi connectivity index (χ2v) is 8.83. The van der Waals surface area contributed by atoms with E-state index in [0.717, 1.165) is 45.4 Å². The van der Waals surface area contributed by atoms with Crippen molar-refractivity contribution in [1.29, 1.82) is 0 Å². The first-order valence-electron chi connectivity index (χ1n) is 9.54. The van der Waals surface area contributed by atoms with Crippen molar-refractivity contribution in [3.8, 4) is 0 Å². The zero-order valence-corrected chi connectivity index (χ0v) is 20.0. The first-order chi connectivity index (χ1) is 12.4. The SMILES string of the molecule is CN=C(NCCCOCC(C)C)NCCS(=O)(=O)NCC1CCCCO1.I. The fourth-order valence-corrected chi connectivity index (χ4v) is 3.44. The number of nitrogens with one attached hydrogen (secondary N) is 3. The van der Waals surface area contributed by atoms with E-state index in [0.29, 0.717) is 31.6 Å². The summed E-state index contributed by atoms with van der Waals surface area (Å²) in [6.07, 6.45) is 3.94. The highest BCUT2D eigenvalue weighted by Crippen LogP contribution is 2.11. The number of nitrogens with zero attached hydrogens (tertiary/aromatic N) is 1. The molecule has 1 unspecified atom stereocenters. The van der Waals surface area contributed by atoms with Crippen LogP contribution in [0.15, 0.2) is 4.99 Å². The number of ether oxygens (including phenoxy) is 2. The van der Waals surface area contributed by atoms with E-state index in [1.807, 2.05) is 0 Å². The maximum atomic E-state index is 12.0. The molecule has 27 heavy (non-hydrogen) atoms. The number of aliphatic imine (C=N–C) groups is 1. The summed E-state index contributed by atoms with van der Waals surface area (Å²) in [6.45, 7) is 7.80. The van der Waals surface area contributed by atoms with Gasteiger partial charge in [-0.1, -0.05) is 13.8 Å². The Bertz CT molecular complexity index is 497. The Morgan fingerprint density at radius 2 is 2.00 bits per heavy atom. The second-order valence-electron chi connectivity index (χ2n) is 6.90. The largest absolute Gasteiger partial charge is 0.381 e. The molecule has 0 aliphatic carbocycles. The van der Waals surface area contributed by atoms with Gasteiger partial charge < -0.3 is 20.1 Å². The molecule has 0 aromatic rings. The van der Waals surface area contributed by atoms with Gasteiger partial charge in [0.25, 0.3) is 0 Å². The molecular weight excluding hydrogens is 483 g/mol. The molecule has 0 amide bonds. The number of sulfonamides is 1. The highest BCUT2D eigenvalue weighted by molar-refractivity contribution is 14.0. The highest BCUT2D eigenvalue weighted by atomic mass is 127. The van der Waals surface area contributed by atoms with E-state index >= 15 is 0 Å². The van der Waals surface area contributed by atoms with E-state index in [1.54, 1.807) is 7.05 Å². The molecule has 8 nitrogen and oxygen atoms in total. The van der Waals surface area contributed by atoms with E-state index in [-0.39, 0.29) is 35.8 Å². The molecule has 0 radical (unpaired) electrons. The molecule has 1 atom stereocenters. The van der Waals surface area contributed by atoms with Crippen LogP contribution in [0.2, 0.25) is 0 Å². The average molecular weight is 520 g/mol. The lowest BCUT2D eigenvalue weighted by molar-refractivity contribution is 0.0200. The van der Waals surface area contributed by atoms with Crippen LogP contribution in [0.25, 0.3) is 0 Å². The van der Waals surface area contributed by atoms with Crippen molar-refractivity contribution in [3.05, 3.63) is 0 Å². The topological polar surface area (TPSA) is 101 Å². The predicted molar refractivity (Wildman–Crippen MR) is 120 cm³/mol. The average Bonchev–Trinajstić information content (AvgIpc) is 2.62. The smallest absolute Gasteiger partial charge is 0.213 e. The zero-order valence-electron chi connectivity index (χ0n) is 16.8. The van der Waals surface area contributed by atoms with Crippen molar-refractivity contribution >= 4 is 40.0 Å². The number of rotatable bonds is 12. The molecule has 0 bridgehead atoms. The van der Waals surface area contributed by atoms with Crippen molar-refractivity contribution in [2.45, 2.75) is 45.6 Å². The molecule has 1 heterocycles. The molecule has 3 N–H and O–H groups in total. The summed E-state index contributed by atoms with van der Waals surface area (Å²) in [5.41, 5.74) is 0. The van der Waals surface area contributed by atoms with E-state index in [2.05, 4.69) is 34.2 Å². The number of hydrogen-bond acceptors (Lipinski definition) is 5. The van der Waals surface area contributed by atoms with E-state index in [4.69, 9.17) is 9.47 Å². The van der Waals surface area contributed by atoms with Crippen molar-refractivity contribution in [3.63, 3.8) is 0 Å². The number of halogens is 1. The van der Waals surface area contributed by atoms with Gasteiger partial charge in [-0.15, -0.1) is 24.0 Å². The van der Waals surface area contributed by atoms with E-state index < -0.39 is 10.0 Å². The van der Waals surface area contributed by atoms with Crippen molar-refractivity contribution in [1.82, 2.24) is 15.4 Å². The summed E-state index contributed by atoms with van der Waals surface area (Å²) in [6, 6.07) is 0. The van der Waals surface area contributed by atoms with Gasteiger partial charge in [-0.05, 0) is 31.6 Å². The minimum atomic E-state index is -3.32. The second kappa shape index (κ2) is 15.7. The van der Waals surface area contributed by atoms with Gasteiger partial charge in [-0.3, -0.25) is 4.99 Å². The Kier molecular flexibility index (Phi) is 15.6. The van der Waals surface area contributed by atoms with Crippen LogP contribution in [0.4, 0.5) is 0 Å². The summed E-state index contributed by atoms with van der Waals surface area (Å²) < 4.78 is 37.8. The maximum Gasteiger partial charge on any atom is 0.213 e. The molecule has 10 heteroatoms. The van der Waals surface area contributed by atoms with Crippen molar-refractivity contribution in [2.24, 2.45) is 10.9 Å². The molecule has 0 spiro atoms. The molecule has 0 aromatic carbocycles. The standard InChI is InChI=1S/C17H36N4O4S.HI/c1-15(2)14-24-10-6-8-19-17(18-3)20-9-12-26(22,23)21-13-16-7-4-5-11-25-16;/h15-16,21H,4-14H2,1-3H3,(H2,18,19,20);1H. The maximum absolute atomic E-state index is 12.0. The van der Waals surface area contributed by atoms with Gasteiger partial charge in [-0.2, -0.15) is 0 Å². The van der Waals surface area contributed by atoms with Crippen LogP contribution in [-0.4, -0.2) is 72.7 Å². The third-order valence-corrected chi connectivity index (χ3v) is 5.25. The van der Waals surface area contributed by atoms with Crippen LogP contribution in [0, 0.1) is 5.92 Å². The van der Waals surface area contributed by atoms with Gasteiger partial charge in [0.1, 0.15) is 0 Å². The number of hydrogen-bond donors (Lipinski definition) is 3. The molecular formula is C17H37IN4O4S. The third-order valence-electron chi connectivity index (χ3n) is 3.90. The molecule has 1 aliphatic rings. The zero-order chi connectivity index (χ0) is 19.3. The van der Waals surface area contributed by atoms with Gasteiger partial charge in [0.15, 0.2) is 5.96 Å². The monoisotopic (exact) mass is 520 g/mol. The van der Waals surface area contributed by atoms with E-state index in [1.165, 1.54) is 0 Å². The van der Waals surface area contributed by atoms with Gasteiger partial charge >= 0.3 is 0 Å². The Hall–Kier alpha value is -0.170. The predicted octanol–water partition coefficient (Wildman–Crippen LogP) is 1.32. The summed E-state index contributed by atoms with van der Waals surface area (Å²) >= 11 is 0. The van der Waals surface area contributed by atoms with Crippen LogP contribution < -0.4 is 15.4 Å². The molecule has 0 aromatic heterocycles. The summed E-state index contributed by atoms with van der Waals surface area (Å²) in [5.74, 6) is 1.13. The quantitative estimate of drug-likeness (QED) is 0.155. The van der Waals surface area contributed by atoms with Gasteiger partial charge in [-0.25, -0.2) is 13.1 Å². The minimum Gasteiger partial charge on any atom is -0.381 e. The van der Waals surface area contributed by atoms with Crippen LogP contribution >= 0.6 is 24.0 Å².